The molecule has 2 fully saturated rings. The first kappa shape index (κ1) is 9.93. The SMILES string of the molecule is O=C(NC[C@H]1CCCN1)C1CCOC1. The summed E-state index contributed by atoms with van der Waals surface area (Å²) in [5.74, 6) is 0.257. The summed E-state index contributed by atoms with van der Waals surface area (Å²) in [6, 6.07) is 0.487. The predicted octanol–water partition coefficient (Wildman–Crippen LogP) is -0.109. The zero-order valence-electron chi connectivity index (χ0n) is 8.42. The van der Waals surface area contributed by atoms with Crippen LogP contribution in [0, 0.1) is 5.92 Å². The van der Waals surface area contributed by atoms with Crippen molar-refractivity contribution in [3.05, 3.63) is 0 Å². The largest absolute Gasteiger partial charge is 0.381 e. The highest BCUT2D eigenvalue weighted by Gasteiger charge is 2.24. The Bertz CT molecular complexity index is 196. The van der Waals surface area contributed by atoms with Crippen LogP contribution in [0.1, 0.15) is 19.3 Å². The third-order valence-electron chi connectivity index (χ3n) is 2.99. The Morgan fingerprint density at radius 1 is 1.50 bits per heavy atom. The van der Waals surface area contributed by atoms with E-state index in [4.69, 9.17) is 4.74 Å². The van der Waals surface area contributed by atoms with Gasteiger partial charge in [0, 0.05) is 19.2 Å². The zero-order valence-corrected chi connectivity index (χ0v) is 8.42. The van der Waals surface area contributed by atoms with Crippen molar-refractivity contribution in [2.45, 2.75) is 25.3 Å². The van der Waals surface area contributed by atoms with Crippen molar-refractivity contribution in [3.63, 3.8) is 0 Å². The van der Waals surface area contributed by atoms with Crippen molar-refractivity contribution in [1.29, 1.82) is 0 Å². The average molecular weight is 198 g/mol. The minimum absolute atomic E-state index is 0.0939. The Balaban J connectivity index is 1.66. The van der Waals surface area contributed by atoms with Gasteiger partial charge < -0.3 is 15.4 Å². The van der Waals surface area contributed by atoms with Crippen molar-refractivity contribution in [2.24, 2.45) is 5.92 Å². The van der Waals surface area contributed by atoms with E-state index in [2.05, 4.69) is 10.6 Å². The summed E-state index contributed by atoms with van der Waals surface area (Å²) < 4.78 is 5.17. The second kappa shape index (κ2) is 4.75. The number of hydrogen-bond donors (Lipinski definition) is 2. The van der Waals surface area contributed by atoms with Gasteiger partial charge in [-0.2, -0.15) is 0 Å². The van der Waals surface area contributed by atoms with Gasteiger partial charge in [-0.3, -0.25) is 4.79 Å². The summed E-state index contributed by atoms with van der Waals surface area (Å²) in [7, 11) is 0. The third kappa shape index (κ3) is 2.45. The molecule has 0 aromatic heterocycles. The fraction of sp³-hybridized carbons (Fsp3) is 0.900. The topological polar surface area (TPSA) is 50.4 Å². The molecule has 2 saturated heterocycles. The van der Waals surface area contributed by atoms with Crippen LogP contribution in [0.2, 0.25) is 0 Å². The minimum Gasteiger partial charge on any atom is -0.381 e. The van der Waals surface area contributed by atoms with Crippen LogP contribution in [0.15, 0.2) is 0 Å². The number of ether oxygens (including phenoxy) is 1. The molecule has 0 bridgehead atoms. The molecule has 1 unspecified atom stereocenters. The molecule has 2 heterocycles. The molecule has 0 saturated carbocycles. The second-order valence-corrected chi connectivity index (χ2v) is 4.10. The van der Waals surface area contributed by atoms with Crippen molar-refractivity contribution in [3.8, 4) is 0 Å². The first-order valence-electron chi connectivity index (χ1n) is 5.45. The van der Waals surface area contributed by atoms with Gasteiger partial charge in [0.05, 0.1) is 12.5 Å². The molecule has 2 atom stereocenters. The first-order valence-corrected chi connectivity index (χ1v) is 5.45. The zero-order chi connectivity index (χ0) is 9.80. The summed E-state index contributed by atoms with van der Waals surface area (Å²) in [5, 5.41) is 6.34. The highest BCUT2D eigenvalue weighted by Crippen LogP contribution is 2.12. The van der Waals surface area contributed by atoms with Crippen LogP contribution in [0.4, 0.5) is 0 Å². The van der Waals surface area contributed by atoms with Crippen molar-refractivity contribution >= 4 is 5.91 Å². The lowest BCUT2D eigenvalue weighted by atomic mass is 10.1. The molecule has 0 aliphatic carbocycles. The molecule has 0 radical (unpaired) electrons. The molecule has 0 aromatic carbocycles. The van der Waals surface area contributed by atoms with Gasteiger partial charge in [0.2, 0.25) is 5.91 Å². The number of carbonyl (C=O) groups excluding carboxylic acids is 1. The van der Waals surface area contributed by atoms with Crippen LogP contribution < -0.4 is 10.6 Å². The molecule has 0 aromatic rings. The molecular formula is C10H18N2O2. The standard InChI is InChI=1S/C10H18N2O2/c13-10(8-3-5-14-7-8)12-6-9-2-1-4-11-9/h8-9,11H,1-7H2,(H,12,13)/t8?,9-/m1/s1. The summed E-state index contributed by atoms with van der Waals surface area (Å²) in [4.78, 5) is 11.6. The maximum absolute atomic E-state index is 11.6. The lowest BCUT2D eigenvalue weighted by Gasteiger charge is -2.13. The Morgan fingerprint density at radius 2 is 2.43 bits per heavy atom. The summed E-state index contributed by atoms with van der Waals surface area (Å²) in [6.45, 7) is 3.20. The quantitative estimate of drug-likeness (QED) is 0.665. The summed E-state index contributed by atoms with van der Waals surface area (Å²) in [5.41, 5.74) is 0. The minimum atomic E-state index is 0.0939. The molecule has 14 heavy (non-hydrogen) atoms. The molecule has 1 amide bonds. The molecule has 2 aliphatic heterocycles. The molecule has 0 spiro atoms. The molecule has 2 N–H and O–H groups in total. The van der Waals surface area contributed by atoms with Crippen LogP contribution >= 0.6 is 0 Å². The molecule has 4 heteroatoms. The number of hydrogen-bond acceptors (Lipinski definition) is 3. The Morgan fingerprint density at radius 3 is 3.07 bits per heavy atom. The number of rotatable bonds is 3. The van der Waals surface area contributed by atoms with Crippen LogP contribution in [-0.2, 0) is 9.53 Å². The maximum atomic E-state index is 11.6. The fourth-order valence-electron chi connectivity index (χ4n) is 2.04. The van der Waals surface area contributed by atoms with Gasteiger partial charge in [0.25, 0.3) is 0 Å². The van der Waals surface area contributed by atoms with Gasteiger partial charge in [-0.25, -0.2) is 0 Å². The molecule has 80 valence electrons. The lowest BCUT2D eigenvalue weighted by Crippen LogP contribution is -2.40. The van der Waals surface area contributed by atoms with Crippen molar-refractivity contribution in [1.82, 2.24) is 10.6 Å². The van der Waals surface area contributed by atoms with E-state index < -0.39 is 0 Å². The van der Waals surface area contributed by atoms with Gasteiger partial charge >= 0.3 is 0 Å². The van der Waals surface area contributed by atoms with Gasteiger partial charge in [-0.05, 0) is 25.8 Å². The van der Waals surface area contributed by atoms with Crippen molar-refractivity contribution < 1.29 is 9.53 Å². The van der Waals surface area contributed by atoms with E-state index in [-0.39, 0.29) is 11.8 Å². The van der Waals surface area contributed by atoms with E-state index in [1.54, 1.807) is 0 Å². The van der Waals surface area contributed by atoms with Crippen LogP contribution in [0.3, 0.4) is 0 Å². The smallest absolute Gasteiger partial charge is 0.225 e. The van der Waals surface area contributed by atoms with Gasteiger partial charge in [0.15, 0.2) is 0 Å². The maximum Gasteiger partial charge on any atom is 0.225 e. The van der Waals surface area contributed by atoms with Crippen LogP contribution in [-0.4, -0.2) is 38.3 Å². The normalized spacial score (nSPS) is 32.0. The number of nitrogens with one attached hydrogen (secondary N) is 2. The molecule has 4 nitrogen and oxygen atoms in total. The average Bonchev–Trinajstić information content (AvgIpc) is 2.87. The fourth-order valence-corrected chi connectivity index (χ4v) is 2.04. The Hall–Kier alpha value is -0.610. The first-order chi connectivity index (χ1) is 6.86. The highest BCUT2D eigenvalue weighted by molar-refractivity contribution is 5.79. The van der Waals surface area contributed by atoms with E-state index >= 15 is 0 Å². The Kier molecular flexibility index (Phi) is 3.37. The van der Waals surface area contributed by atoms with E-state index in [0.29, 0.717) is 12.6 Å². The lowest BCUT2D eigenvalue weighted by molar-refractivity contribution is -0.125. The highest BCUT2D eigenvalue weighted by atomic mass is 16.5. The van der Waals surface area contributed by atoms with Gasteiger partial charge in [-0.1, -0.05) is 0 Å². The van der Waals surface area contributed by atoms with E-state index in [9.17, 15) is 4.79 Å². The van der Waals surface area contributed by atoms with E-state index in [0.717, 1.165) is 26.1 Å². The Labute approximate surface area is 84.4 Å². The van der Waals surface area contributed by atoms with Crippen LogP contribution in [0.25, 0.3) is 0 Å². The predicted molar refractivity (Wildman–Crippen MR) is 53.0 cm³/mol. The number of carbonyl (C=O) groups is 1. The van der Waals surface area contributed by atoms with E-state index in [1.807, 2.05) is 0 Å². The molecular weight excluding hydrogens is 180 g/mol. The number of amides is 1. The molecule has 2 aliphatic rings. The van der Waals surface area contributed by atoms with E-state index in [1.165, 1.54) is 12.8 Å². The third-order valence-corrected chi connectivity index (χ3v) is 2.99. The monoisotopic (exact) mass is 198 g/mol. The van der Waals surface area contributed by atoms with Gasteiger partial charge in [0.1, 0.15) is 0 Å². The molecule has 2 rings (SSSR count). The second-order valence-electron chi connectivity index (χ2n) is 4.10. The summed E-state index contributed by atoms with van der Waals surface area (Å²) >= 11 is 0. The van der Waals surface area contributed by atoms with Crippen LogP contribution in [0.5, 0.6) is 0 Å². The van der Waals surface area contributed by atoms with Gasteiger partial charge in [-0.15, -0.1) is 0 Å². The summed E-state index contributed by atoms with van der Waals surface area (Å²) in [6.07, 6.45) is 3.29. The van der Waals surface area contributed by atoms with Crippen molar-refractivity contribution in [2.75, 3.05) is 26.3 Å².